The Balaban J connectivity index is 3.65. The molecule has 0 saturated heterocycles. The summed E-state index contributed by atoms with van der Waals surface area (Å²) in [6.07, 6.45) is 0. The normalized spacial score (nSPS) is 9.50. The second-order valence-electron chi connectivity index (χ2n) is 2.80. The average molecular weight is 285 g/mol. The molecule has 0 heterocycles. The van der Waals surface area contributed by atoms with Crippen molar-refractivity contribution < 1.29 is 14.8 Å². The predicted molar refractivity (Wildman–Crippen MR) is 57.4 cm³/mol. The molecule has 0 radical (unpaired) electrons. The first kappa shape index (κ1) is 12.1. The number of aromatic carboxylic acids is 1. The molecule has 1 rings (SSSR count). The molecular weight excluding hydrogens is 280 g/mol. The van der Waals surface area contributed by atoms with E-state index in [-0.39, 0.29) is 10.9 Å². The van der Waals surface area contributed by atoms with Gasteiger partial charge in [0.05, 0.1) is 10.5 Å². The van der Waals surface area contributed by atoms with Crippen LogP contribution in [0.3, 0.4) is 0 Å². The van der Waals surface area contributed by atoms with E-state index in [9.17, 15) is 14.9 Å². The predicted octanol–water partition coefficient (Wildman–Crippen LogP) is 2.06. The Morgan fingerprint density at radius 3 is 2.62 bits per heavy atom. The third kappa shape index (κ3) is 2.01. The Labute approximate surface area is 98.4 Å². The summed E-state index contributed by atoms with van der Waals surface area (Å²) in [4.78, 5) is 20.7. The molecule has 0 aliphatic heterocycles. The van der Waals surface area contributed by atoms with Crippen LogP contribution in [0.25, 0.3) is 0 Å². The minimum absolute atomic E-state index is 0.182. The number of carboxylic acid groups (broad SMARTS) is 1. The molecular formula is C9H5BrN2O4. The van der Waals surface area contributed by atoms with Gasteiger partial charge in [-0.1, -0.05) is 15.9 Å². The first-order valence-corrected chi connectivity index (χ1v) is 5.14. The SMILES string of the molecule is N#Cc1c(CBr)ccc([N+](=O)[O-])c1C(=O)O. The van der Waals surface area contributed by atoms with Gasteiger partial charge in [-0.15, -0.1) is 0 Å². The highest BCUT2D eigenvalue weighted by Gasteiger charge is 2.25. The lowest BCUT2D eigenvalue weighted by atomic mass is 10.0. The number of nitriles is 1. The standard InChI is InChI=1S/C9H5BrN2O4/c10-3-5-1-2-7(12(15)16)8(9(13)14)6(5)4-11/h1-2H,3H2,(H,13,14). The minimum Gasteiger partial charge on any atom is -0.477 e. The topological polar surface area (TPSA) is 104 Å². The summed E-state index contributed by atoms with van der Waals surface area (Å²) in [7, 11) is 0. The van der Waals surface area contributed by atoms with Gasteiger partial charge in [-0.05, 0) is 11.6 Å². The smallest absolute Gasteiger partial charge is 0.344 e. The highest BCUT2D eigenvalue weighted by Crippen LogP contribution is 2.26. The number of benzene rings is 1. The van der Waals surface area contributed by atoms with Gasteiger partial charge in [-0.3, -0.25) is 10.1 Å². The van der Waals surface area contributed by atoms with Crippen LogP contribution in [0, 0.1) is 21.4 Å². The number of rotatable bonds is 3. The van der Waals surface area contributed by atoms with Gasteiger partial charge in [0.25, 0.3) is 5.69 Å². The molecule has 0 unspecified atom stereocenters. The molecule has 1 aromatic rings. The van der Waals surface area contributed by atoms with Crippen LogP contribution < -0.4 is 0 Å². The van der Waals surface area contributed by atoms with E-state index in [2.05, 4.69) is 15.9 Å². The number of nitrogens with zero attached hydrogens (tertiary/aromatic N) is 2. The van der Waals surface area contributed by atoms with Crippen LogP contribution in [0.1, 0.15) is 21.5 Å². The Kier molecular flexibility index (Phi) is 3.58. The molecule has 0 bridgehead atoms. The maximum absolute atomic E-state index is 10.9. The van der Waals surface area contributed by atoms with Gasteiger partial charge >= 0.3 is 5.97 Å². The van der Waals surface area contributed by atoms with Crippen LogP contribution in [0.4, 0.5) is 5.69 Å². The van der Waals surface area contributed by atoms with Crippen LogP contribution in [0.15, 0.2) is 12.1 Å². The summed E-state index contributed by atoms with van der Waals surface area (Å²) >= 11 is 3.08. The largest absolute Gasteiger partial charge is 0.477 e. The van der Waals surface area contributed by atoms with Gasteiger partial charge in [0.2, 0.25) is 0 Å². The van der Waals surface area contributed by atoms with E-state index < -0.39 is 22.1 Å². The van der Waals surface area contributed by atoms with Crippen molar-refractivity contribution in [1.82, 2.24) is 0 Å². The van der Waals surface area contributed by atoms with E-state index in [1.165, 1.54) is 6.07 Å². The first-order valence-electron chi connectivity index (χ1n) is 4.02. The van der Waals surface area contributed by atoms with Crippen molar-refractivity contribution in [3.63, 3.8) is 0 Å². The van der Waals surface area contributed by atoms with Gasteiger partial charge in [-0.2, -0.15) is 5.26 Å². The number of nitro groups is 1. The van der Waals surface area contributed by atoms with E-state index in [0.29, 0.717) is 5.56 Å². The molecule has 6 nitrogen and oxygen atoms in total. The second-order valence-corrected chi connectivity index (χ2v) is 3.36. The molecule has 0 atom stereocenters. The van der Waals surface area contributed by atoms with E-state index in [1.54, 1.807) is 6.07 Å². The van der Waals surface area contributed by atoms with Crippen LogP contribution in [-0.2, 0) is 5.33 Å². The van der Waals surface area contributed by atoms with E-state index >= 15 is 0 Å². The fourth-order valence-corrected chi connectivity index (χ4v) is 1.71. The Hall–Kier alpha value is -1.94. The molecule has 0 spiro atoms. The molecule has 0 amide bonds. The lowest BCUT2D eigenvalue weighted by Gasteiger charge is -2.04. The van der Waals surface area contributed by atoms with Crippen molar-refractivity contribution in [2.45, 2.75) is 5.33 Å². The number of hydrogen-bond donors (Lipinski definition) is 1. The van der Waals surface area contributed by atoms with Gasteiger partial charge < -0.3 is 5.11 Å². The number of hydrogen-bond acceptors (Lipinski definition) is 4. The Morgan fingerprint density at radius 2 is 2.25 bits per heavy atom. The lowest BCUT2D eigenvalue weighted by Crippen LogP contribution is -2.07. The van der Waals surface area contributed by atoms with Gasteiger partial charge in [0.15, 0.2) is 5.56 Å². The maximum Gasteiger partial charge on any atom is 0.344 e. The zero-order valence-corrected chi connectivity index (χ0v) is 9.39. The highest BCUT2D eigenvalue weighted by atomic mass is 79.9. The Bertz CT molecular complexity index is 507. The average Bonchev–Trinajstić information content (AvgIpc) is 2.26. The number of nitro benzene ring substituents is 1. The van der Waals surface area contributed by atoms with Crippen LogP contribution in [0.5, 0.6) is 0 Å². The molecule has 0 aromatic heterocycles. The summed E-state index contributed by atoms with van der Waals surface area (Å²) in [5.41, 5.74) is -0.915. The molecule has 16 heavy (non-hydrogen) atoms. The van der Waals surface area contributed by atoms with Crippen molar-refractivity contribution in [2.24, 2.45) is 0 Å². The van der Waals surface area contributed by atoms with Crippen LogP contribution in [0.2, 0.25) is 0 Å². The number of alkyl halides is 1. The highest BCUT2D eigenvalue weighted by molar-refractivity contribution is 9.08. The lowest BCUT2D eigenvalue weighted by molar-refractivity contribution is -0.385. The fraction of sp³-hybridized carbons (Fsp3) is 0.111. The van der Waals surface area contributed by atoms with Gasteiger partial charge in [0.1, 0.15) is 6.07 Å². The number of halogens is 1. The number of carbonyl (C=O) groups is 1. The first-order chi connectivity index (χ1) is 7.52. The van der Waals surface area contributed by atoms with Crippen LogP contribution in [-0.4, -0.2) is 16.0 Å². The Morgan fingerprint density at radius 1 is 1.62 bits per heavy atom. The molecule has 82 valence electrons. The molecule has 0 aliphatic rings. The molecule has 0 fully saturated rings. The molecule has 1 N–H and O–H groups in total. The minimum atomic E-state index is -1.48. The second kappa shape index (κ2) is 4.72. The van der Waals surface area contributed by atoms with Crippen molar-refractivity contribution in [1.29, 1.82) is 5.26 Å². The van der Waals surface area contributed by atoms with Crippen LogP contribution >= 0.6 is 15.9 Å². The summed E-state index contributed by atoms with van der Waals surface area (Å²) < 4.78 is 0. The van der Waals surface area contributed by atoms with Gasteiger partial charge in [-0.25, -0.2) is 4.79 Å². The molecule has 0 saturated carbocycles. The van der Waals surface area contributed by atoms with Crippen molar-refractivity contribution in [2.75, 3.05) is 0 Å². The van der Waals surface area contributed by atoms with E-state index in [4.69, 9.17) is 10.4 Å². The monoisotopic (exact) mass is 284 g/mol. The zero-order chi connectivity index (χ0) is 12.3. The molecule has 7 heteroatoms. The third-order valence-corrected chi connectivity index (χ3v) is 2.54. The van der Waals surface area contributed by atoms with Crippen molar-refractivity contribution in [3.8, 4) is 6.07 Å². The molecule has 1 aromatic carbocycles. The quantitative estimate of drug-likeness (QED) is 0.520. The van der Waals surface area contributed by atoms with E-state index in [0.717, 1.165) is 6.07 Å². The number of carboxylic acids is 1. The van der Waals surface area contributed by atoms with E-state index in [1.807, 2.05) is 0 Å². The zero-order valence-electron chi connectivity index (χ0n) is 7.81. The maximum atomic E-state index is 10.9. The van der Waals surface area contributed by atoms with Crippen molar-refractivity contribution >= 4 is 27.6 Å². The molecule has 0 aliphatic carbocycles. The van der Waals surface area contributed by atoms with Gasteiger partial charge in [0, 0.05) is 11.4 Å². The summed E-state index contributed by atoms with van der Waals surface area (Å²) in [5.74, 6) is -1.48. The summed E-state index contributed by atoms with van der Waals surface area (Å²) in [6, 6.07) is 4.12. The summed E-state index contributed by atoms with van der Waals surface area (Å²) in [6.45, 7) is 0. The summed E-state index contributed by atoms with van der Waals surface area (Å²) in [5, 5.41) is 28.6. The third-order valence-electron chi connectivity index (χ3n) is 1.94. The fourth-order valence-electron chi connectivity index (χ4n) is 1.24. The van der Waals surface area contributed by atoms with Crippen molar-refractivity contribution in [3.05, 3.63) is 38.9 Å².